The topological polar surface area (TPSA) is 39.1 Å². The van der Waals surface area contributed by atoms with E-state index < -0.39 is 0 Å². The molecule has 0 aromatic rings. The van der Waals surface area contributed by atoms with Crippen molar-refractivity contribution in [3.63, 3.8) is 0 Å². The summed E-state index contributed by atoms with van der Waals surface area (Å²) in [5.41, 5.74) is 0. The number of hydrogen-bond donors (Lipinski definition) is 1. The third-order valence-electron chi connectivity index (χ3n) is 1.78. The highest BCUT2D eigenvalue weighted by Gasteiger charge is 2.08. The van der Waals surface area contributed by atoms with Gasteiger partial charge in [-0.05, 0) is 25.1 Å². The zero-order valence-corrected chi connectivity index (χ0v) is 10.2. The predicted octanol–water partition coefficient (Wildman–Crippen LogP) is 1.61. The molecule has 14 heavy (non-hydrogen) atoms. The number of rotatable bonds is 4. The van der Waals surface area contributed by atoms with E-state index in [0.29, 0.717) is 12.5 Å². The fourth-order valence-electron chi connectivity index (χ4n) is 0.961. The van der Waals surface area contributed by atoms with Gasteiger partial charge in [-0.2, -0.15) is 5.26 Å². The largest absolute Gasteiger partial charge is 0.362 e. The molecule has 0 aromatic heterocycles. The second-order valence-corrected chi connectivity index (χ2v) is 4.38. The fraction of sp³-hybridized carbons (Fsp3) is 0.800. The minimum atomic E-state index is 0.0128. The van der Waals surface area contributed by atoms with E-state index in [4.69, 9.17) is 17.5 Å². The molecule has 0 fully saturated rings. The average molecular weight is 213 g/mol. The van der Waals surface area contributed by atoms with Crippen LogP contribution >= 0.6 is 12.2 Å². The van der Waals surface area contributed by atoms with Crippen LogP contribution in [0.5, 0.6) is 0 Å². The first kappa shape index (κ1) is 13.2. The summed E-state index contributed by atoms with van der Waals surface area (Å²) in [5.74, 6) is 0.591. The first-order valence-electron chi connectivity index (χ1n) is 4.86. The van der Waals surface area contributed by atoms with Gasteiger partial charge in [-0.1, -0.05) is 13.8 Å². The van der Waals surface area contributed by atoms with E-state index in [1.807, 2.05) is 18.9 Å². The normalized spacial score (nSPS) is 12.0. The molecule has 1 N–H and O–H groups in total. The fourth-order valence-corrected chi connectivity index (χ4v) is 1.12. The summed E-state index contributed by atoms with van der Waals surface area (Å²) in [5, 5.41) is 12.5. The quantitative estimate of drug-likeness (QED) is 0.720. The number of nitrogens with one attached hydrogen (secondary N) is 1. The van der Waals surface area contributed by atoms with Crippen molar-refractivity contribution in [3.05, 3.63) is 0 Å². The number of nitrogens with zero attached hydrogens (tertiary/aromatic N) is 2. The first-order valence-corrected chi connectivity index (χ1v) is 5.26. The summed E-state index contributed by atoms with van der Waals surface area (Å²) >= 11 is 5.17. The van der Waals surface area contributed by atoms with Crippen molar-refractivity contribution >= 4 is 17.3 Å². The predicted molar refractivity (Wildman–Crippen MR) is 62.8 cm³/mol. The van der Waals surface area contributed by atoms with Gasteiger partial charge in [-0.3, -0.25) is 0 Å². The van der Waals surface area contributed by atoms with E-state index in [1.54, 1.807) is 0 Å². The molecule has 80 valence electrons. The van der Waals surface area contributed by atoms with Gasteiger partial charge < -0.3 is 10.2 Å². The lowest BCUT2D eigenvalue weighted by Crippen LogP contribution is -2.40. The van der Waals surface area contributed by atoms with E-state index in [0.717, 1.165) is 11.7 Å². The molecule has 3 nitrogen and oxygen atoms in total. The summed E-state index contributed by atoms with van der Waals surface area (Å²) in [6.07, 6.45) is 0. The Morgan fingerprint density at radius 1 is 1.50 bits per heavy atom. The highest BCUT2D eigenvalue weighted by molar-refractivity contribution is 7.80. The van der Waals surface area contributed by atoms with Gasteiger partial charge in [0.1, 0.15) is 0 Å². The molecule has 0 radical (unpaired) electrons. The lowest BCUT2D eigenvalue weighted by Gasteiger charge is -2.22. The Morgan fingerprint density at radius 3 is 2.50 bits per heavy atom. The van der Waals surface area contributed by atoms with Gasteiger partial charge in [0.15, 0.2) is 5.11 Å². The van der Waals surface area contributed by atoms with Crippen LogP contribution in [0.25, 0.3) is 0 Å². The lowest BCUT2D eigenvalue weighted by molar-refractivity contribution is 0.442. The van der Waals surface area contributed by atoms with Crippen molar-refractivity contribution in [3.8, 4) is 6.07 Å². The Bertz CT molecular complexity index is 220. The minimum Gasteiger partial charge on any atom is -0.362 e. The van der Waals surface area contributed by atoms with E-state index in [2.05, 4.69) is 25.2 Å². The van der Waals surface area contributed by atoms with Crippen LogP contribution in [0.15, 0.2) is 0 Å². The van der Waals surface area contributed by atoms with Crippen molar-refractivity contribution < 1.29 is 0 Å². The summed E-state index contributed by atoms with van der Waals surface area (Å²) < 4.78 is 0. The monoisotopic (exact) mass is 213 g/mol. The molecule has 0 aromatic carbocycles. The molecule has 0 amide bonds. The van der Waals surface area contributed by atoms with E-state index >= 15 is 0 Å². The van der Waals surface area contributed by atoms with Crippen molar-refractivity contribution in [2.75, 3.05) is 20.1 Å². The van der Waals surface area contributed by atoms with Crippen molar-refractivity contribution in [2.24, 2.45) is 11.8 Å². The second-order valence-electron chi connectivity index (χ2n) is 3.99. The number of nitriles is 1. The molecule has 0 spiro atoms. The van der Waals surface area contributed by atoms with E-state index in [1.165, 1.54) is 0 Å². The Labute approximate surface area is 92.1 Å². The van der Waals surface area contributed by atoms with Crippen molar-refractivity contribution in [1.29, 1.82) is 5.26 Å². The van der Waals surface area contributed by atoms with Crippen LogP contribution in [0, 0.1) is 23.2 Å². The van der Waals surface area contributed by atoms with Gasteiger partial charge >= 0.3 is 0 Å². The Balaban J connectivity index is 3.83. The molecule has 0 aliphatic rings. The van der Waals surface area contributed by atoms with Gasteiger partial charge in [0.25, 0.3) is 0 Å². The van der Waals surface area contributed by atoms with Crippen LogP contribution in [-0.2, 0) is 0 Å². The molecule has 4 heteroatoms. The van der Waals surface area contributed by atoms with Crippen LogP contribution in [0.3, 0.4) is 0 Å². The average Bonchev–Trinajstić information content (AvgIpc) is 2.13. The molecule has 0 aliphatic carbocycles. The molecule has 0 rings (SSSR count). The maximum atomic E-state index is 8.64. The van der Waals surface area contributed by atoms with E-state index in [-0.39, 0.29) is 5.92 Å². The van der Waals surface area contributed by atoms with Gasteiger partial charge in [-0.15, -0.1) is 0 Å². The maximum absolute atomic E-state index is 8.64. The molecular formula is C10H19N3S. The Morgan fingerprint density at radius 2 is 2.07 bits per heavy atom. The van der Waals surface area contributed by atoms with Gasteiger partial charge in [0.05, 0.1) is 12.0 Å². The maximum Gasteiger partial charge on any atom is 0.168 e. The molecule has 0 bridgehead atoms. The molecular weight excluding hydrogens is 194 g/mol. The number of hydrogen-bond acceptors (Lipinski definition) is 2. The molecule has 0 saturated carbocycles. The van der Waals surface area contributed by atoms with E-state index in [9.17, 15) is 0 Å². The molecule has 0 heterocycles. The minimum absolute atomic E-state index is 0.0128. The summed E-state index contributed by atoms with van der Waals surface area (Å²) in [6, 6.07) is 2.19. The van der Waals surface area contributed by atoms with Crippen LogP contribution in [-0.4, -0.2) is 30.1 Å². The van der Waals surface area contributed by atoms with Gasteiger partial charge in [0.2, 0.25) is 0 Å². The molecule has 0 aliphatic heterocycles. The van der Waals surface area contributed by atoms with Gasteiger partial charge in [-0.25, -0.2) is 0 Å². The highest BCUT2D eigenvalue weighted by Crippen LogP contribution is 1.97. The SMILES string of the molecule is CC(C)CNC(=S)N(C)CC(C)C#N. The third-order valence-corrected chi connectivity index (χ3v) is 2.23. The smallest absolute Gasteiger partial charge is 0.168 e. The van der Waals surface area contributed by atoms with Crippen LogP contribution in [0.4, 0.5) is 0 Å². The lowest BCUT2D eigenvalue weighted by atomic mass is 10.2. The number of thiocarbonyl (C=S) groups is 1. The Kier molecular flexibility index (Phi) is 6.22. The molecule has 1 unspecified atom stereocenters. The van der Waals surface area contributed by atoms with Crippen LogP contribution in [0.1, 0.15) is 20.8 Å². The second kappa shape index (κ2) is 6.61. The standard InChI is InChI=1S/C10H19N3S/c1-8(2)6-12-10(14)13(4)7-9(3)5-11/h8-9H,6-7H2,1-4H3,(H,12,14). The zero-order valence-electron chi connectivity index (χ0n) is 9.37. The first-order chi connectivity index (χ1) is 6.47. The van der Waals surface area contributed by atoms with Crippen molar-refractivity contribution in [2.45, 2.75) is 20.8 Å². The summed E-state index contributed by atoms with van der Waals surface area (Å²) in [7, 11) is 1.91. The third kappa shape index (κ3) is 5.76. The van der Waals surface area contributed by atoms with Crippen LogP contribution in [0.2, 0.25) is 0 Å². The Hall–Kier alpha value is -0.820. The van der Waals surface area contributed by atoms with Gasteiger partial charge in [0, 0.05) is 20.1 Å². The summed E-state index contributed by atoms with van der Waals surface area (Å²) in [6.45, 7) is 7.72. The zero-order chi connectivity index (χ0) is 11.1. The highest BCUT2D eigenvalue weighted by atomic mass is 32.1. The van der Waals surface area contributed by atoms with Crippen LogP contribution < -0.4 is 5.32 Å². The summed E-state index contributed by atoms with van der Waals surface area (Å²) in [4.78, 5) is 1.91. The van der Waals surface area contributed by atoms with Crippen molar-refractivity contribution in [1.82, 2.24) is 10.2 Å². The molecule has 0 saturated heterocycles. The molecule has 1 atom stereocenters.